The van der Waals surface area contributed by atoms with Crippen molar-refractivity contribution < 1.29 is 4.79 Å². The molecule has 0 fully saturated rings. The first-order chi connectivity index (χ1) is 8.40. The minimum atomic E-state index is -0.593. The summed E-state index contributed by atoms with van der Waals surface area (Å²) >= 11 is 0. The van der Waals surface area contributed by atoms with Crippen LogP contribution in [0.15, 0.2) is 12.3 Å². The molecule has 1 heterocycles. The van der Waals surface area contributed by atoms with Gasteiger partial charge in [0.15, 0.2) is 0 Å². The number of nitrogens with one attached hydrogen (secondary N) is 2. The van der Waals surface area contributed by atoms with E-state index in [9.17, 15) is 4.79 Å². The van der Waals surface area contributed by atoms with E-state index in [0.29, 0.717) is 23.6 Å². The van der Waals surface area contributed by atoms with Crippen molar-refractivity contribution in [1.29, 1.82) is 5.26 Å². The summed E-state index contributed by atoms with van der Waals surface area (Å²) in [5.41, 5.74) is 5.75. The molecule has 1 aromatic rings. The molecule has 1 amide bonds. The van der Waals surface area contributed by atoms with Crippen molar-refractivity contribution in [2.24, 2.45) is 5.41 Å². The fraction of sp³-hybridized carbons (Fsp3) is 0.417. The molecule has 18 heavy (non-hydrogen) atoms. The molecule has 0 unspecified atom stereocenters. The molecular formula is C12H17N5O. The average molecular weight is 247 g/mol. The summed E-state index contributed by atoms with van der Waals surface area (Å²) in [5.74, 6) is 0.354. The van der Waals surface area contributed by atoms with Crippen LogP contribution in [-0.2, 0) is 4.79 Å². The predicted octanol–water partition coefficient (Wildman–Crippen LogP) is 0.720. The fourth-order valence-corrected chi connectivity index (χ4v) is 1.43. The summed E-state index contributed by atoms with van der Waals surface area (Å²) in [6.07, 6.45) is 1.47. The van der Waals surface area contributed by atoms with Gasteiger partial charge in [0.2, 0.25) is 5.91 Å². The smallest absolute Gasteiger partial charge is 0.227 e. The lowest BCUT2D eigenvalue weighted by Gasteiger charge is -2.23. The van der Waals surface area contributed by atoms with Crippen LogP contribution in [-0.4, -0.2) is 24.5 Å². The van der Waals surface area contributed by atoms with Crippen molar-refractivity contribution in [2.45, 2.75) is 13.8 Å². The van der Waals surface area contributed by atoms with Gasteiger partial charge < -0.3 is 16.4 Å². The summed E-state index contributed by atoms with van der Waals surface area (Å²) in [6, 6.07) is 3.55. The van der Waals surface area contributed by atoms with Gasteiger partial charge in [-0.25, -0.2) is 4.98 Å². The second-order valence-electron chi connectivity index (χ2n) is 4.59. The van der Waals surface area contributed by atoms with Crippen molar-refractivity contribution in [3.8, 4) is 6.07 Å². The first-order valence-corrected chi connectivity index (χ1v) is 5.52. The molecule has 0 aliphatic rings. The van der Waals surface area contributed by atoms with E-state index in [1.807, 2.05) is 19.9 Å². The number of aromatic nitrogens is 1. The first-order valence-electron chi connectivity index (χ1n) is 5.52. The number of carbonyl (C=O) groups is 1. The van der Waals surface area contributed by atoms with Crippen LogP contribution in [0.25, 0.3) is 0 Å². The van der Waals surface area contributed by atoms with E-state index in [0.717, 1.165) is 0 Å². The highest BCUT2D eigenvalue weighted by atomic mass is 16.2. The van der Waals surface area contributed by atoms with Gasteiger partial charge in [0.25, 0.3) is 0 Å². The molecule has 0 aliphatic heterocycles. The van der Waals surface area contributed by atoms with Crippen LogP contribution in [0, 0.1) is 16.7 Å². The number of carbonyl (C=O) groups excluding carboxylic acids is 1. The van der Waals surface area contributed by atoms with E-state index in [1.54, 1.807) is 13.1 Å². The Bertz CT molecular complexity index is 490. The van der Waals surface area contributed by atoms with E-state index in [2.05, 4.69) is 15.6 Å². The largest absolute Gasteiger partial charge is 0.397 e. The molecular weight excluding hydrogens is 230 g/mol. The molecule has 0 saturated heterocycles. The maximum atomic E-state index is 11.6. The van der Waals surface area contributed by atoms with E-state index < -0.39 is 5.41 Å². The van der Waals surface area contributed by atoms with Gasteiger partial charge >= 0.3 is 0 Å². The molecule has 96 valence electrons. The van der Waals surface area contributed by atoms with E-state index in [4.69, 9.17) is 11.0 Å². The van der Waals surface area contributed by atoms with Gasteiger partial charge in [-0.15, -0.1) is 0 Å². The molecule has 1 rings (SSSR count). The lowest BCUT2D eigenvalue weighted by atomic mass is 9.92. The Labute approximate surface area is 106 Å². The van der Waals surface area contributed by atoms with Crippen molar-refractivity contribution in [2.75, 3.05) is 24.6 Å². The molecule has 1 aromatic heterocycles. The van der Waals surface area contributed by atoms with Gasteiger partial charge in [-0.1, -0.05) is 0 Å². The van der Waals surface area contributed by atoms with Crippen molar-refractivity contribution in [3.05, 3.63) is 17.8 Å². The Morgan fingerprint density at radius 1 is 1.61 bits per heavy atom. The molecule has 6 nitrogen and oxygen atoms in total. The zero-order chi connectivity index (χ0) is 13.8. The van der Waals surface area contributed by atoms with E-state index in [-0.39, 0.29) is 5.91 Å². The molecule has 4 N–H and O–H groups in total. The first kappa shape index (κ1) is 13.8. The van der Waals surface area contributed by atoms with Crippen molar-refractivity contribution in [3.63, 3.8) is 0 Å². The monoisotopic (exact) mass is 247 g/mol. The standard InChI is InChI=1S/C12H17N5O/c1-12(2,11(18)15-3)7-17-10-8(5-13)4-9(14)6-16-10/h4,6H,7,14H2,1-3H3,(H,15,18)(H,16,17). The maximum Gasteiger partial charge on any atom is 0.227 e. The van der Waals surface area contributed by atoms with E-state index in [1.165, 1.54) is 6.20 Å². The highest BCUT2D eigenvalue weighted by Gasteiger charge is 2.26. The molecule has 0 bridgehead atoms. The van der Waals surface area contributed by atoms with E-state index >= 15 is 0 Å². The lowest BCUT2D eigenvalue weighted by Crippen LogP contribution is -2.39. The summed E-state index contributed by atoms with van der Waals surface area (Å²) in [6.45, 7) is 3.99. The highest BCUT2D eigenvalue weighted by molar-refractivity contribution is 5.82. The molecule has 0 atom stereocenters. The second kappa shape index (κ2) is 5.36. The fourth-order valence-electron chi connectivity index (χ4n) is 1.43. The zero-order valence-corrected chi connectivity index (χ0v) is 10.7. The topological polar surface area (TPSA) is 104 Å². The third-order valence-corrected chi connectivity index (χ3v) is 2.57. The predicted molar refractivity (Wildman–Crippen MR) is 69.7 cm³/mol. The Morgan fingerprint density at radius 3 is 2.83 bits per heavy atom. The quantitative estimate of drug-likeness (QED) is 0.727. The highest BCUT2D eigenvalue weighted by Crippen LogP contribution is 2.19. The van der Waals surface area contributed by atoms with Crippen LogP contribution in [0.1, 0.15) is 19.4 Å². The van der Waals surface area contributed by atoms with Gasteiger partial charge in [-0.3, -0.25) is 4.79 Å². The SMILES string of the molecule is CNC(=O)C(C)(C)CNc1ncc(N)cc1C#N. The third-order valence-electron chi connectivity index (χ3n) is 2.57. The van der Waals surface area contributed by atoms with Crippen LogP contribution >= 0.6 is 0 Å². The Morgan fingerprint density at radius 2 is 2.28 bits per heavy atom. The summed E-state index contributed by atoms with van der Waals surface area (Å²) < 4.78 is 0. The number of hydrogen-bond donors (Lipinski definition) is 3. The molecule has 0 aromatic carbocycles. The molecule has 6 heteroatoms. The number of rotatable bonds is 4. The zero-order valence-electron chi connectivity index (χ0n) is 10.7. The second-order valence-corrected chi connectivity index (χ2v) is 4.59. The number of nitrogen functional groups attached to an aromatic ring is 1. The number of nitrogens with two attached hydrogens (primary N) is 1. The van der Waals surface area contributed by atoms with Crippen LogP contribution in [0.2, 0.25) is 0 Å². The Hall–Kier alpha value is -2.29. The molecule has 0 spiro atoms. The normalized spacial score (nSPS) is 10.6. The number of nitrogens with zero attached hydrogens (tertiary/aromatic N) is 2. The summed E-state index contributed by atoms with van der Waals surface area (Å²) in [5, 5.41) is 14.6. The minimum Gasteiger partial charge on any atom is -0.397 e. The molecule has 0 aliphatic carbocycles. The van der Waals surface area contributed by atoms with Crippen molar-refractivity contribution in [1.82, 2.24) is 10.3 Å². The number of amides is 1. The molecule has 0 radical (unpaired) electrons. The number of hydrogen-bond acceptors (Lipinski definition) is 5. The van der Waals surface area contributed by atoms with Crippen LogP contribution in [0.3, 0.4) is 0 Å². The lowest BCUT2D eigenvalue weighted by molar-refractivity contribution is -0.128. The summed E-state index contributed by atoms with van der Waals surface area (Å²) in [7, 11) is 1.59. The average Bonchev–Trinajstić information content (AvgIpc) is 2.36. The Kier molecular flexibility index (Phi) is 4.10. The third kappa shape index (κ3) is 3.10. The van der Waals surface area contributed by atoms with Gasteiger partial charge in [0.1, 0.15) is 11.9 Å². The Balaban J connectivity index is 2.81. The van der Waals surface area contributed by atoms with Crippen LogP contribution in [0.5, 0.6) is 0 Å². The summed E-state index contributed by atoms with van der Waals surface area (Å²) in [4.78, 5) is 15.7. The molecule has 0 saturated carbocycles. The van der Waals surface area contributed by atoms with Gasteiger partial charge in [-0.05, 0) is 19.9 Å². The van der Waals surface area contributed by atoms with Gasteiger partial charge in [0, 0.05) is 13.6 Å². The van der Waals surface area contributed by atoms with Gasteiger partial charge in [-0.2, -0.15) is 5.26 Å². The maximum absolute atomic E-state index is 11.6. The number of nitriles is 1. The number of anilines is 2. The van der Waals surface area contributed by atoms with Crippen LogP contribution in [0.4, 0.5) is 11.5 Å². The van der Waals surface area contributed by atoms with Crippen molar-refractivity contribution >= 4 is 17.4 Å². The van der Waals surface area contributed by atoms with Gasteiger partial charge in [0.05, 0.1) is 22.9 Å². The number of pyridine rings is 1. The minimum absolute atomic E-state index is 0.0797. The van der Waals surface area contributed by atoms with Crippen LogP contribution < -0.4 is 16.4 Å².